The first kappa shape index (κ1) is 19.8. The van der Waals surface area contributed by atoms with Gasteiger partial charge in [-0.05, 0) is 24.7 Å². The molecule has 0 aromatic rings. The van der Waals surface area contributed by atoms with Gasteiger partial charge in [-0.25, -0.2) is 0 Å². The minimum Gasteiger partial charge on any atom is -0.342 e. The molecule has 0 bridgehead atoms. The van der Waals surface area contributed by atoms with E-state index in [2.05, 4.69) is 32.6 Å². The second-order valence-electron chi connectivity index (χ2n) is 6.91. The fraction of sp³-hybridized carbons (Fsp3) is 0.938. The Hall–Kier alpha value is -0.530. The highest BCUT2D eigenvalue weighted by Gasteiger charge is 2.26. The molecule has 0 radical (unpaired) electrons. The molecule has 1 amide bonds. The Labute approximate surface area is 115 Å². The number of amides is 1. The third kappa shape index (κ3) is 8.54. The first-order valence-corrected chi connectivity index (χ1v) is 6.94. The van der Waals surface area contributed by atoms with Gasteiger partial charge in [-0.3, -0.25) is 4.79 Å². The van der Waals surface area contributed by atoms with Gasteiger partial charge in [0, 0.05) is 18.5 Å². The molecule has 2 nitrogen and oxygen atoms in total. The van der Waals surface area contributed by atoms with Gasteiger partial charge in [-0.15, -0.1) is 0 Å². The summed E-state index contributed by atoms with van der Waals surface area (Å²) in [6.07, 6.45) is 2.19. The average Bonchev–Trinajstić information content (AvgIpc) is 2.14. The first-order valence-electron chi connectivity index (χ1n) is 6.94. The van der Waals surface area contributed by atoms with Crippen LogP contribution >= 0.6 is 0 Å². The molecular formula is C16H35NO. The molecule has 2 heteroatoms. The fourth-order valence-electron chi connectivity index (χ4n) is 1.62. The van der Waals surface area contributed by atoms with Crippen LogP contribution in [0.1, 0.15) is 68.7 Å². The van der Waals surface area contributed by atoms with Crippen molar-refractivity contribution in [2.45, 2.75) is 68.7 Å². The molecule has 0 spiro atoms. The van der Waals surface area contributed by atoms with Crippen molar-refractivity contribution >= 4 is 5.91 Å². The molecule has 0 unspecified atom stereocenters. The monoisotopic (exact) mass is 257 g/mol. The van der Waals surface area contributed by atoms with Crippen molar-refractivity contribution in [2.75, 3.05) is 13.1 Å². The van der Waals surface area contributed by atoms with Gasteiger partial charge in [0.15, 0.2) is 0 Å². The summed E-state index contributed by atoms with van der Waals surface area (Å²) in [7, 11) is 0. The van der Waals surface area contributed by atoms with E-state index in [1.54, 1.807) is 0 Å². The van der Waals surface area contributed by atoms with Crippen LogP contribution in [0.15, 0.2) is 0 Å². The molecule has 0 saturated carbocycles. The maximum Gasteiger partial charge on any atom is 0.227 e. The van der Waals surface area contributed by atoms with Crippen LogP contribution in [0.25, 0.3) is 0 Å². The standard InChI is InChI=1S/C15H31NO.CH4/c1-12(2)8-10-16(11-9-13(3)4)14(17)15(5,6)7;/h12-13H,8-11H2,1-7H3;1H4. The van der Waals surface area contributed by atoms with E-state index in [0.717, 1.165) is 25.9 Å². The van der Waals surface area contributed by atoms with Gasteiger partial charge in [0.1, 0.15) is 0 Å². The van der Waals surface area contributed by atoms with Gasteiger partial charge in [0.05, 0.1) is 0 Å². The van der Waals surface area contributed by atoms with Gasteiger partial charge in [-0.1, -0.05) is 55.9 Å². The second kappa shape index (κ2) is 8.55. The van der Waals surface area contributed by atoms with Crippen molar-refractivity contribution in [3.63, 3.8) is 0 Å². The molecule has 0 aliphatic heterocycles. The largest absolute Gasteiger partial charge is 0.342 e. The highest BCUT2D eigenvalue weighted by molar-refractivity contribution is 5.81. The van der Waals surface area contributed by atoms with Gasteiger partial charge in [0.25, 0.3) is 0 Å². The Balaban J connectivity index is 0. The quantitative estimate of drug-likeness (QED) is 0.681. The molecule has 18 heavy (non-hydrogen) atoms. The van der Waals surface area contributed by atoms with Crippen LogP contribution in [0.5, 0.6) is 0 Å². The van der Waals surface area contributed by atoms with Crippen molar-refractivity contribution < 1.29 is 4.79 Å². The van der Waals surface area contributed by atoms with Crippen LogP contribution in [-0.4, -0.2) is 23.9 Å². The van der Waals surface area contributed by atoms with Crippen LogP contribution in [0, 0.1) is 17.3 Å². The molecule has 0 aromatic carbocycles. The van der Waals surface area contributed by atoms with Crippen molar-refractivity contribution in [3.05, 3.63) is 0 Å². The summed E-state index contributed by atoms with van der Waals surface area (Å²) in [5.41, 5.74) is -0.256. The lowest BCUT2D eigenvalue weighted by Gasteiger charge is -2.30. The molecule has 0 atom stereocenters. The summed E-state index contributed by atoms with van der Waals surface area (Å²) in [5.74, 6) is 1.60. The maximum absolute atomic E-state index is 12.3. The lowest BCUT2D eigenvalue weighted by atomic mass is 9.94. The zero-order valence-electron chi connectivity index (χ0n) is 12.8. The Bertz CT molecular complexity index is 214. The molecular weight excluding hydrogens is 222 g/mol. The summed E-state index contributed by atoms with van der Waals surface area (Å²) in [5, 5.41) is 0. The maximum atomic E-state index is 12.3. The average molecular weight is 257 g/mol. The number of rotatable bonds is 6. The molecule has 0 aliphatic carbocycles. The van der Waals surface area contributed by atoms with E-state index in [1.165, 1.54) is 0 Å². The third-order valence-electron chi connectivity index (χ3n) is 2.88. The van der Waals surface area contributed by atoms with E-state index < -0.39 is 0 Å². The van der Waals surface area contributed by atoms with E-state index in [0.29, 0.717) is 17.7 Å². The fourth-order valence-corrected chi connectivity index (χ4v) is 1.62. The second-order valence-corrected chi connectivity index (χ2v) is 6.91. The number of hydrogen-bond acceptors (Lipinski definition) is 1. The van der Waals surface area contributed by atoms with E-state index >= 15 is 0 Å². The summed E-state index contributed by atoms with van der Waals surface area (Å²) < 4.78 is 0. The van der Waals surface area contributed by atoms with Gasteiger partial charge in [-0.2, -0.15) is 0 Å². The molecule has 0 rings (SSSR count). The lowest BCUT2D eigenvalue weighted by molar-refractivity contribution is -0.139. The Morgan fingerprint density at radius 3 is 1.50 bits per heavy atom. The SMILES string of the molecule is C.CC(C)CCN(CCC(C)C)C(=O)C(C)(C)C. The minimum atomic E-state index is -0.256. The van der Waals surface area contributed by atoms with E-state index in [1.807, 2.05) is 20.8 Å². The summed E-state index contributed by atoms with van der Waals surface area (Å²) in [6.45, 7) is 16.7. The zero-order chi connectivity index (χ0) is 13.6. The molecule has 0 aromatic heterocycles. The zero-order valence-corrected chi connectivity index (χ0v) is 12.8. The van der Waals surface area contributed by atoms with Gasteiger partial charge >= 0.3 is 0 Å². The number of hydrogen-bond donors (Lipinski definition) is 0. The highest BCUT2D eigenvalue weighted by atomic mass is 16.2. The first-order chi connectivity index (χ1) is 7.64. The van der Waals surface area contributed by atoms with Crippen LogP contribution in [-0.2, 0) is 4.79 Å². The minimum absolute atomic E-state index is 0. The normalized spacial score (nSPS) is 11.6. The predicted octanol–water partition coefficient (Wildman–Crippen LogP) is 4.59. The number of carbonyl (C=O) groups is 1. The van der Waals surface area contributed by atoms with E-state index in [9.17, 15) is 4.79 Å². The molecule has 0 aliphatic rings. The Morgan fingerprint density at radius 2 is 1.28 bits per heavy atom. The predicted molar refractivity (Wildman–Crippen MR) is 81.7 cm³/mol. The van der Waals surface area contributed by atoms with Gasteiger partial charge in [0.2, 0.25) is 5.91 Å². The summed E-state index contributed by atoms with van der Waals surface area (Å²) >= 11 is 0. The molecule has 0 saturated heterocycles. The summed E-state index contributed by atoms with van der Waals surface area (Å²) in [6, 6.07) is 0. The van der Waals surface area contributed by atoms with Crippen molar-refractivity contribution in [3.8, 4) is 0 Å². The molecule has 110 valence electrons. The van der Waals surface area contributed by atoms with Gasteiger partial charge < -0.3 is 4.90 Å². The third-order valence-corrected chi connectivity index (χ3v) is 2.88. The van der Waals surface area contributed by atoms with Crippen LogP contribution in [0.2, 0.25) is 0 Å². The highest BCUT2D eigenvalue weighted by Crippen LogP contribution is 2.19. The molecule has 0 heterocycles. The van der Waals surface area contributed by atoms with Crippen molar-refractivity contribution in [1.82, 2.24) is 4.90 Å². The summed E-state index contributed by atoms with van der Waals surface area (Å²) in [4.78, 5) is 14.4. The molecule has 0 N–H and O–H groups in total. The topological polar surface area (TPSA) is 20.3 Å². The Kier molecular flexibility index (Phi) is 9.41. The van der Waals surface area contributed by atoms with E-state index in [-0.39, 0.29) is 12.8 Å². The van der Waals surface area contributed by atoms with Crippen molar-refractivity contribution in [1.29, 1.82) is 0 Å². The number of nitrogens with zero attached hydrogens (tertiary/aromatic N) is 1. The van der Waals surface area contributed by atoms with E-state index in [4.69, 9.17) is 0 Å². The Morgan fingerprint density at radius 1 is 0.944 bits per heavy atom. The van der Waals surface area contributed by atoms with Crippen molar-refractivity contribution in [2.24, 2.45) is 17.3 Å². The lowest BCUT2D eigenvalue weighted by Crippen LogP contribution is -2.41. The van der Waals surface area contributed by atoms with Crippen LogP contribution in [0.4, 0.5) is 0 Å². The number of carbonyl (C=O) groups excluding carboxylic acids is 1. The van der Waals surface area contributed by atoms with Crippen LogP contribution in [0.3, 0.4) is 0 Å². The smallest absolute Gasteiger partial charge is 0.227 e. The molecule has 0 fully saturated rings. The van der Waals surface area contributed by atoms with Crippen LogP contribution < -0.4 is 0 Å².